The van der Waals surface area contributed by atoms with Gasteiger partial charge in [-0.1, -0.05) is 18.2 Å². The van der Waals surface area contributed by atoms with Gasteiger partial charge in [0.05, 0.1) is 21.2 Å². The van der Waals surface area contributed by atoms with E-state index in [0.717, 1.165) is 5.56 Å². The van der Waals surface area contributed by atoms with Crippen molar-refractivity contribution in [3.05, 3.63) is 79.8 Å². The van der Waals surface area contributed by atoms with Gasteiger partial charge >= 0.3 is 11.6 Å². The highest BCUT2D eigenvalue weighted by Gasteiger charge is 2.32. The van der Waals surface area contributed by atoms with Crippen molar-refractivity contribution in [1.82, 2.24) is 0 Å². The van der Waals surface area contributed by atoms with E-state index >= 15 is 0 Å². The molecule has 10 nitrogen and oxygen atoms in total. The molecular formula is C16H13N5O5. The van der Waals surface area contributed by atoms with Crippen LogP contribution in [0.2, 0.25) is 0 Å². The van der Waals surface area contributed by atoms with Crippen molar-refractivity contribution in [3.63, 3.8) is 0 Å². The third kappa shape index (κ3) is 3.15. The van der Waals surface area contributed by atoms with E-state index in [1.165, 1.54) is 18.2 Å². The van der Waals surface area contributed by atoms with E-state index in [1.54, 1.807) is 31.2 Å². The molecule has 0 saturated carbocycles. The molecule has 0 bridgehead atoms. The van der Waals surface area contributed by atoms with E-state index in [1.807, 2.05) is 0 Å². The SMILES string of the molecule is Cc1ccccc1NC(=O)/C(=C1\Nc2ccc([N+](=O)[O-])cc2N1)[N+](=O)[O-]. The Morgan fingerprint density at radius 2 is 1.73 bits per heavy atom. The molecule has 1 aliphatic heterocycles. The fraction of sp³-hybridized carbons (Fsp3) is 0.0625. The Kier molecular flexibility index (Phi) is 4.23. The summed E-state index contributed by atoms with van der Waals surface area (Å²) in [5.41, 5.74) is 0.965. The van der Waals surface area contributed by atoms with E-state index in [9.17, 15) is 25.0 Å². The van der Waals surface area contributed by atoms with Crippen molar-refractivity contribution in [3.8, 4) is 0 Å². The Morgan fingerprint density at radius 1 is 1.04 bits per heavy atom. The molecule has 0 aromatic heterocycles. The maximum atomic E-state index is 12.4. The second-order valence-electron chi connectivity index (χ2n) is 5.49. The molecule has 132 valence electrons. The first-order chi connectivity index (χ1) is 12.4. The molecule has 2 aromatic carbocycles. The number of hydrogen-bond donors (Lipinski definition) is 3. The van der Waals surface area contributed by atoms with Crippen LogP contribution in [0.5, 0.6) is 0 Å². The number of nitrogens with zero attached hydrogens (tertiary/aromatic N) is 2. The van der Waals surface area contributed by atoms with Gasteiger partial charge in [0.25, 0.3) is 5.69 Å². The Morgan fingerprint density at radius 3 is 2.38 bits per heavy atom. The molecule has 0 saturated heterocycles. The highest BCUT2D eigenvalue weighted by Crippen LogP contribution is 2.34. The molecule has 1 amide bonds. The number of para-hydroxylation sites is 1. The predicted octanol–water partition coefficient (Wildman–Crippen LogP) is 2.83. The van der Waals surface area contributed by atoms with Gasteiger partial charge in [-0.05, 0) is 24.6 Å². The number of amides is 1. The summed E-state index contributed by atoms with van der Waals surface area (Å²) in [5.74, 6) is -1.07. The number of anilines is 3. The number of benzene rings is 2. The lowest BCUT2D eigenvalue weighted by atomic mass is 10.2. The Balaban J connectivity index is 1.93. The normalized spacial score (nSPS) is 13.9. The fourth-order valence-corrected chi connectivity index (χ4v) is 2.46. The molecule has 0 aliphatic carbocycles. The topological polar surface area (TPSA) is 139 Å². The van der Waals surface area contributed by atoms with Gasteiger partial charge < -0.3 is 16.0 Å². The highest BCUT2D eigenvalue weighted by molar-refractivity contribution is 6.04. The number of nitro benzene ring substituents is 1. The zero-order chi connectivity index (χ0) is 18.8. The summed E-state index contributed by atoms with van der Waals surface area (Å²) in [6.45, 7) is 1.76. The fourth-order valence-electron chi connectivity index (χ4n) is 2.46. The molecule has 1 aliphatic rings. The van der Waals surface area contributed by atoms with Gasteiger partial charge in [-0.15, -0.1) is 0 Å². The summed E-state index contributed by atoms with van der Waals surface area (Å²) in [7, 11) is 0. The van der Waals surface area contributed by atoms with Gasteiger partial charge in [0.2, 0.25) is 0 Å². The first kappa shape index (κ1) is 16.9. The number of fused-ring (bicyclic) bond motifs is 1. The number of carbonyl (C=O) groups is 1. The molecule has 26 heavy (non-hydrogen) atoms. The molecule has 0 fully saturated rings. The van der Waals surface area contributed by atoms with Gasteiger partial charge in [0.1, 0.15) is 0 Å². The Bertz CT molecular complexity index is 969. The summed E-state index contributed by atoms with van der Waals surface area (Å²) in [6, 6.07) is 10.8. The van der Waals surface area contributed by atoms with Crippen molar-refractivity contribution in [2.75, 3.05) is 16.0 Å². The van der Waals surface area contributed by atoms with Crippen LogP contribution >= 0.6 is 0 Å². The standard InChI is InChI=1S/C16H13N5O5/c1-9-4-2-3-5-11(9)19-16(22)14(21(25)26)15-17-12-7-6-10(20(23)24)8-13(12)18-15/h2-8,17-18H,1H3,(H,19,22)/b15-14-. The van der Waals surface area contributed by atoms with Crippen LogP contribution in [0.1, 0.15) is 5.56 Å². The van der Waals surface area contributed by atoms with Crippen molar-refractivity contribution in [2.45, 2.75) is 6.92 Å². The number of hydrogen-bond acceptors (Lipinski definition) is 7. The number of nitro groups is 2. The van der Waals surface area contributed by atoms with Gasteiger partial charge in [0, 0.05) is 17.8 Å². The predicted molar refractivity (Wildman–Crippen MR) is 94.2 cm³/mol. The first-order valence-corrected chi connectivity index (χ1v) is 7.45. The van der Waals surface area contributed by atoms with Crippen LogP contribution in [0.15, 0.2) is 54.0 Å². The van der Waals surface area contributed by atoms with Gasteiger partial charge in [-0.25, -0.2) is 0 Å². The van der Waals surface area contributed by atoms with E-state index in [0.29, 0.717) is 11.4 Å². The molecule has 3 N–H and O–H groups in total. The Hall–Kier alpha value is -3.95. The minimum absolute atomic E-state index is 0.156. The quantitative estimate of drug-likeness (QED) is 0.435. The molecule has 1 heterocycles. The lowest BCUT2D eigenvalue weighted by molar-refractivity contribution is -0.419. The Labute approximate surface area is 146 Å². The molecule has 0 atom stereocenters. The maximum absolute atomic E-state index is 12.4. The smallest absolute Gasteiger partial charge is 0.334 e. The number of nitrogens with one attached hydrogen (secondary N) is 3. The van der Waals surface area contributed by atoms with Crippen LogP contribution in [0.3, 0.4) is 0 Å². The zero-order valence-corrected chi connectivity index (χ0v) is 13.5. The number of rotatable bonds is 4. The molecular weight excluding hydrogens is 342 g/mol. The second-order valence-corrected chi connectivity index (χ2v) is 5.49. The van der Waals surface area contributed by atoms with Crippen LogP contribution in [0, 0.1) is 27.2 Å². The first-order valence-electron chi connectivity index (χ1n) is 7.45. The maximum Gasteiger partial charge on any atom is 0.373 e. The van der Waals surface area contributed by atoms with Crippen LogP contribution in [0.25, 0.3) is 0 Å². The average Bonchev–Trinajstić information content (AvgIpc) is 2.98. The molecule has 0 radical (unpaired) electrons. The lowest BCUT2D eigenvalue weighted by Crippen LogP contribution is -2.25. The van der Waals surface area contributed by atoms with Crippen LogP contribution < -0.4 is 16.0 Å². The number of non-ortho nitro benzene ring substituents is 1. The summed E-state index contributed by atoms with van der Waals surface area (Å²) in [6.07, 6.45) is 0. The molecule has 0 spiro atoms. The monoisotopic (exact) mass is 355 g/mol. The molecule has 2 aromatic rings. The van der Waals surface area contributed by atoms with Crippen molar-refractivity contribution in [2.24, 2.45) is 0 Å². The highest BCUT2D eigenvalue weighted by atomic mass is 16.6. The number of carbonyl (C=O) groups excluding carboxylic acids is 1. The van der Waals surface area contributed by atoms with Gasteiger partial charge in [0.15, 0.2) is 5.82 Å². The summed E-state index contributed by atoms with van der Waals surface area (Å²) in [5, 5.41) is 30.1. The van der Waals surface area contributed by atoms with Crippen LogP contribution in [0.4, 0.5) is 22.7 Å². The van der Waals surface area contributed by atoms with Gasteiger partial charge in [-0.2, -0.15) is 0 Å². The van der Waals surface area contributed by atoms with Crippen molar-refractivity contribution >= 4 is 28.7 Å². The lowest BCUT2D eigenvalue weighted by Gasteiger charge is -2.08. The third-order valence-electron chi connectivity index (χ3n) is 3.76. The summed E-state index contributed by atoms with van der Waals surface area (Å²) < 4.78 is 0. The second kappa shape index (κ2) is 6.51. The number of aryl methyl sites for hydroxylation is 1. The molecule has 10 heteroatoms. The zero-order valence-electron chi connectivity index (χ0n) is 13.5. The average molecular weight is 355 g/mol. The van der Waals surface area contributed by atoms with E-state index in [2.05, 4.69) is 16.0 Å². The summed E-state index contributed by atoms with van der Waals surface area (Å²) >= 11 is 0. The van der Waals surface area contributed by atoms with Crippen LogP contribution in [-0.4, -0.2) is 15.8 Å². The summed E-state index contributed by atoms with van der Waals surface area (Å²) in [4.78, 5) is 33.3. The van der Waals surface area contributed by atoms with E-state index in [-0.39, 0.29) is 17.2 Å². The minimum Gasteiger partial charge on any atom is -0.334 e. The van der Waals surface area contributed by atoms with E-state index in [4.69, 9.17) is 0 Å². The van der Waals surface area contributed by atoms with Crippen molar-refractivity contribution in [1.29, 1.82) is 0 Å². The van der Waals surface area contributed by atoms with Crippen LogP contribution in [-0.2, 0) is 4.79 Å². The molecule has 0 unspecified atom stereocenters. The largest absolute Gasteiger partial charge is 0.373 e. The van der Waals surface area contributed by atoms with Gasteiger partial charge in [-0.3, -0.25) is 25.0 Å². The molecule has 3 rings (SSSR count). The van der Waals surface area contributed by atoms with Crippen molar-refractivity contribution < 1.29 is 14.6 Å². The minimum atomic E-state index is -0.915. The third-order valence-corrected chi connectivity index (χ3v) is 3.76. The van der Waals surface area contributed by atoms with E-state index < -0.39 is 21.5 Å².